The maximum absolute atomic E-state index is 13.8. The van der Waals surface area contributed by atoms with E-state index in [9.17, 15) is 19.1 Å². The van der Waals surface area contributed by atoms with Crippen molar-refractivity contribution in [1.29, 1.82) is 5.26 Å². The number of nitrogens with zero attached hydrogens (tertiary/aromatic N) is 1. The van der Waals surface area contributed by atoms with Crippen LogP contribution in [-0.2, 0) is 10.3 Å². The fourth-order valence-corrected chi connectivity index (χ4v) is 2.28. The van der Waals surface area contributed by atoms with Gasteiger partial charge in [0.1, 0.15) is 11.0 Å². The zero-order chi connectivity index (χ0) is 13.4. The van der Waals surface area contributed by atoms with E-state index in [0.29, 0.717) is 6.61 Å². The average molecular weight is 253 g/mol. The molecule has 0 saturated carbocycles. The van der Waals surface area contributed by atoms with Gasteiger partial charge in [-0.25, -0.2) is 8.78 Å². The number of rotatable bonds is 2. The molecule has 2 unspecified atom stereocenters. The van der Waals surface area contributed by atoms with Crippen molar-refractivity contribution in [1.82, 2.24) is 0 Å². The summed E-state index contributed by atoms with van der Waals surface area (Å²) < 4.78 is 32.1. The van der Waals surface area contributed by atoms with Gasteiger partial charge in [0, 0.05) is 12.2 Å². The number of hydrogen-bond acceptors (Lipinski definition) is 3. The summed E-state index contributed by atoms with van der Waals surface area (Å²) >= 11 is 0. The van der Waals surface area contributed by atoms with Gasteiger partial charge in [0.15, 0.2) is 11.6 Å². The fraction of sp³-hybridized carbons (Fsp3) is 0.462. The lowest BCUT2D eigenvalue weighted by Crippen LogP contribution is -2.44. The molecule has 3 nitrogen and oxygen atoms in total. The van der Waals surface area contributed by atoms with Crippen LogP contribution >= 0.6 is 0 Å². The summed E-state index contributed by atoms with van der Waals surface area (Å²) in [6, 6.07) is 5.57. The second-order valence-electron chi connectivity index (χ2n) is 4.67. The van der Waals surface area contributed by atoms with Gasteiger partial charge in [-0.05, 0) is 19.4 Å². The van der Waals surface area contributed by atoms with Gasteiger partial charge in [-0.2, -0.15) is 5.26 Å². The van der Waals surface area contributed by atoms with Crippen molar-refractivity contribution in [2.75, 3.05) is 13.2 Å². The Kier molecular flexibility index (Phi) is 3.09. The Labute approximate surface area is 104 Å². The van der Waals surface area contributed by atoms with E-state index in [0.717, 1.165) is 6.07 Å². The summed E-state index contributed by atoms with van der Waals surface area (Å²) in [4.78, 5) is 0. The smallest absolute Gasteiger partial charge is 0.164 e. The first kappa shape index (κ1) is 12.9. The molecule has 1 aromatic rings. The first-order chi connectivity index (χ1) is 8.44. The molecule has 0 aliphatic carbocycles. The molecule has 1 heterocycles. The van der Waals surface area contributed by atoms with Crippen LogP contribution in [0, 0.1) is 28.4 Å². The van der Waals surface area contributed by atoms with Crippen molar-refractivity contribution in [2.45, 2.75) is 18.9 Å². The van der Waals surface area contributed by atoms with E-state index >= 15 is 0 Å². The van der Waals surface area contributed by atoms with Gasteiger partial charge in [-0.1, -0.05) is 12.1 Å². The molecule has 96 valence electrons. The predicted molar refractivity (Wildman–Crippen MR) is 59.4 cm³/mol. The molecule has 2 atom stereocenters. The number of ether oxygens (including phenoxy) is 1. The minimum atomic E-state index is -1.80. The van der Waals surface area contributed by atoms with E-state index in [2.05, 4.69) is 0 Å². The van der Waals surface area contributed by atoms with Crippen LogP contribution in [0.5, 0.6) is 0 Å². The summed E-state index contributed by atoms with van der Waals surface area (Å²) in [6.07, 6.45) is 0.284. The van der Waals surface area contributed by atoms with Crippen molar-refractivity contribution in [3.8, 4) is 6.07 Å². The maximum atomic E-state index is 13.8. The van der Waals surface area contributed by atoms with E-state index in [1.807, 2.05) is 6.07 Å². The summed E-state index contributed by atoms with van der Waals surface area (Å²) in [5.41, 5.74) is -3.26. The molecule has 2 rings (SSSR count). The van der Waals surface area contributed by atoms with Gasteiger partial charge in [-0.3, -0.25) is 0 Å². The molecule has 1 N–H and O–H groups in total. The second kappa shape index (κ2) is 4.30. The van der Waals surface area contributed by atoms with Gasteiger partial charge in [0.2, 0.25) is 0 Å². The molecule has 1 aliphatic rings. The summed E-state index contributed by atoms with van der Waals surface area (Å²) in [6.45, 7) is 1.65. The highest BCUT2D eigenvalue weighted by atomic mass is 19.2. The Morgan fingerprint density at radius 2 is 2.22 bits per heavy atom. The van der Waals surface area contributed by atoms with Gasteiger partial charge in [-0.15, -0.1) is 0 Å². The van der Waals surface area contributed by atoms with E-state index in [-0.39, 0.29) is 18.6 Å². The normalized spacial score (nSPS) is 26.6. The molecule has 0 radical (unpaired) electrons. The quantitative estimate of drug-likeness (QED) is 0.878. The number of aliphatic hydroxyl groups is 1. The topological polar surface area (TPSA) is 53.2 Å². The first-order valence-corrected chi connectivity index (χ1v) is 5.60. The highest BCUT2D eigenvalue weighted by Crippen LogP contribution is 2.46. The van der Waals surface area contributed by atoms with Gasteiger partial charge >= 0.3 is 0 Å². The second-order valence-corrected chi connectivity index (χ2v) is 4.67. The Balaban J connectivity index is 2.54. The SMILES string of the molecule is CC(O)(c1cccc(F)c1F)C1(C#N)CCOC1. The van der Waals surface area contributed by atoms with E-state index in [4.69, 9.17) is 4.74 Å². The lowest BCUT2D eigenvalue weighted by Gasteiger charge is -2.36. The molecule has 18 heavy (non-hydrogen) atoms. The van der Waals surface area contributed by atoms with Crippen LogP contribution in [0.2, 0.25) is 0 Å². The third kappa shape index (κ3) is 1.69. The molecule has 5 heteroatoms. The molecule has 0 aromatic heterocycles. The van der Waals surface area contributed by atoms with Crippen LogP contribution in [0.3, 0.4) is 0 Å². The molecule has 1 aromatic carbocycles. The molecular formula is C13H13F2NO2. The van der Waals surface area contributed by atoms with Crippen LogP contribution in [0.1, 0.15) is 18.9 Å². The molecule has 1 saturated heterocycles. The summed E-state index contributed by atoms with van der Waals surface area (Å²) in [5, 5.41) is 19.8. The summed E-state index contributed by atoms with van der Waals surface area (Å²) in [7, 11) is 0. The Morgan fingerprint density at radius 3 is 2.78 bits per heavy atom. The number of hydrogen-bond donors (Lipinski definition) is 1. The van der Waals surface area contributed by atoms with Gasteiger partial charge < -0.3 is 9.84 Å². The van der Waals surface area contributed by atoms with E-state index in [1.165, 1.54) is 19.1 Å². The average Bonchev–Trinajstić information content (AvgIpc) is 2.82. The lowest BCUT2D eigenvalue weighted by molar-refractivity contribution is -0.0510. The summed E-state index contributed by atoms with van der Waals surface area (Å²) in [5.74, 6) is -2.16. The van der Waals surface area contributed by atoms with Crippen molar-refractivity contribution in [3.05, 3.63) is 35.4 Å². The zero-order valence-corrected chi connectivity index (χ0v) is 9.91. The zero-order valence-electron chi connectivity index (χ0n) is 9.91. The monoisotopic (exact) mass is 253 g/mol. The maximum Gasteiger partial charge on any atom is 0.164 e. The predicted octanol–water partition coefficient (Wildman–Crippen LogP) is 2.10. The van der Waals surface area contributed by atoms with Crippen LogP contribution < -0.4 is 0 Å². The minimum Gasteiger partial charge on any atom is -0.384 e. The van der Waals surface area contributed by atoms with E-state index in [1.54, 1.807) is 0 Å². The molecular weight excluding hydrogens is 240 g/mol. The van der Waals surface area contributed by atoms with Crippen molar-refractivity contribution >= 4 is 0 Å². The number of halogens is 2. The van der Waals surface area contributed by atoms with Crippen molar-refractivity contribution in [2.24, 2.45) is 5.41 Å². The van der Waals surface area contributed by atoms with Crippen molar-refractivity contribution < 1.29 is 18.6 Å². The molecule has 1 aliphatic heterocycles. The molecule has 0 bridgehead atoms. The Hall–Kier alpha value is -1.51. The highest BCUT2D eigenvalue weighted by molar-refractivity contribution is 5.31. The van der Waals surface area contributed by atoms with E-state index < -0.39 is 22.7 Å². The van der Waals surface area contributed by atoms with Crippen molar-refractivity contribution in [3.63, 3.8) is 0 Å². The molecule has 1 fully saturated rings. The number of benzene rings is 1. The third-order valence-corrected chi connectivity index (χ3v) is 3.64. The minimum absolute atomic E-state index is 0.00640. The first-order valence-electron chi connectivity index (χ1n) is 5.60. The molecule has 0 amide bonds. The standard InChI is InChI=1S/C13H13F2NO2/c1-12(17,13(7-16)5-6-18-8-13)9-3-2-4-10(14)11(9)15/h2-4,17H,5-6,8H2,1H3. The van der Waals surface area contributed by atoms with Crippen LogP contribution in [0.15, 0.2) is 18.2 Å². The lowest BCUT2D eigenvalue weighted by atomic mass is 9.69. The van der Waals surface area contributed by atoms with Gasteiger partial charge in [0.25, 0.3) is 0 Å². The highest BCUT2D eigenvalue weighted by Gasteiger charge is 2.52. The Morgan fingerprint density at radius 1 is 1.50 bits per heavy atom. The Bertz CT molecular complexity index is 502. The van der Waals surface area contributed by atoms with Crippen LogP contribution in [0.25, 0.3) is 0 Å². The third-order valence-electron chi connectivity index (χ3n) is 3.64. The van der Waals surface area contributed by atoms with Crippen LogP contribution in [0.4, 0.5) is 8.78 Å². The van der Waals surface area contributed by atoms with Crippen LogP contribution in [-0.4, -0.2) is 18.3 Å². The van der Waals surface area contributed by atoms with Gasteiger partial charge in [0.05, 0.1) is 12.7 Å². The fourth-order valence-electron chi connectivity index (χ4n) is 2.28. The number of nitriles is 1. The molecule has 0 spiro atoms. The largest absolute Gasteiger partial charge is 0.384 e.